The Morgan fingerprint density at radius 3 is 2.50 bits per heavy atom. The molecule has 1 aromatic rings. The molecule has 0 N–H and O–H groups in total. The van der Waals surface area contributed by atoms with Gasteiger partial charge in [0.05, 0.1) is 18.9 Å². The molecule has 1 heterocycles. The van der Waals surface area contributed by atoms with Crippen molar-refractivity contribution in [3.8, 4) is 0 Å². The summed E-state index contributed by atoms with van der Waals surface area (Å²) in [5.74, 6) is 1.90. The van der Waals surface area contributed by atoms with E-state index in [-0.39, 0.29) is 0 Å². The van der Waals surface area contributed by atoms with Gasteiger partial charge in [0.25, 0.3) is 0 Å². The topological polar surface area (TPSA) is 39.9 Å². The Labute approximate surface area is 146 Å². The fourth-order valence-corrected chi connectivity index (χ4v) is 2.69. The van der Waals surface area contributed by atoms with Crippen LogP contribution in [0, 0.1) is 11.8 Å². The lowest BCUT2D eigenvalue weighted by Gasteiger charge is -2.16. The third-order valence-electron chi connectivity index (χ3n) is 4.48. The second-order valence-corrected chi connectivity index (χ2v) is 6.66. The van der Waals surface area contributed by atoms with E-state index in [0.29, 0.717) is 18.4 Å². The monoisotopic (exact) mass is 329 g/mol. The Hall–Kier alpha value is -1.84. The summed E-state index contributed by atoms with van der Waals surface area (Å²) < 4.78 is 5.86. The molecule has 0 fully saturated rings. The van der Waals surface area contributed by atoms with Crippen LogP contribution in [-0.4, -0.2) is 21.6 Å². The zero-order chi connectivity index (χ0) is 17.4. The van der Waals surface area contributed by atoms with Gasteiger partial charge in [0.1, 0.15) is 11.4 Å². The highest BCUT2D eigenvalue weighted by Gasteiger charge is 2.11. The van der Waals surface area contributed by atoms with Crippen LogP contribution in [-0.2, 0) is 11.3 Å². The molecule has 1 aliphatic rings. The van der Waals surface area contributed by atoms with Crippen LogP contribution < -0.4 is 0 Å². The fraction of sp³-hybridized carbons (Fsp3) is 0.600. The van der Waals surface area contributed by atoms with Crippen molar-refractivity contribution in [2.24, 2.45) is 11.8 Å². The van der Waals surface area contributed by atoms with Crippen LogP contribution in [0.1, 0.15) is 64.3 Å². The van der Waals surface area contributed by atoms with Crippen LogP contribution in [0.5, 0.6) is 0 Å². The molecule has 0 saturated carbocycles. The number of nitrogens with zero attached hydrogens (tertiary/aromatic N) is 3. The van der Waals surface area contributed by atoms with E-state index in [1.807, 2.05) is 12.2 Å². The van der Waals surface area contributed by atoms with E-state index in [0.717, 1.165) is 36.6 Å². The van der Waals surface area contributed by atoms with Gasteiger partial charge in [-0.2, -0.15) is 15.0 Å². The molecule has 0 amide bonds. The van der Waals surface area contributed by atoms with E-state index in [1.165, 1.54) is 19.3 Å². The summed E-state index contributed by atoms with van der Waals surface area (Å²) in [6.07, 6.45) is 14.1. The van der Waals surface area contributed by atoms with Gasteiger partial charge in [-0.3, -0.25) is 0 Å². The molecule has 0 spiro atoms. The number of hydrogen-bond donors (Lipinski definition) is 0. The average Bonchev–Trinajstić information content (AvgIpc) is 2.90. The molecule has 0 saturated heterocycles. The van der Waals surface area contributed by atoms with Crippen LogP contribution >= 0.6 is 0 Å². The first kappa shape index (κ1) is 18.5. The second-order valence-electron chi connectivity index (χ2n) is 6.66. The molecule has 0 radical (unpaired) electrons. The van der Waals surface area contributed by atoms with E-state index in [2.05, 4.69) is 49.7 Å². The number of unbranched alkanes of at least 4 members (excludes halogenated alkanes) is 1. The number of aromatic nitrogens is 3. The van der Waals surface area contributed by atoms with Gasteiger partial charge in [0.15, 0.2) is 0 Å². The number of fused-ring (bicyclic) bond motifs is 1. The van der Waals surface area contributed by atoms with E-state index >= 15 is 0 Å². The van der Waals surface area contributed by atoms with E-state index < -0.39 is 0 Å². The zero-order valence-corrected chi connectivity index (χ0v) is 15.4. The van der Waals surface area contributed by atoms with Gasteiger partial charge >= 0.3 is 0 Å². The van der Waals surface area contributed by atoms with Gasteiger partial charge in [0.2, 0.25) is 0 Å². The molecular formula is C20H31N3O. The fourth-order valence-electron chi connectivity index (χ4n) is 2.69. The van der Waals surface area contributed by atoms with Crippen LogP contribution in [0.2, 0.25) is 0 Å². The predicted octanol–water partition coefficient (Wildman–Crippen LogP) is 5.09. The van der Waals surface area contributed by atoms with Crippen molar-refractivity contribution in [1.82, 2.24) is 15.0 Å². The molecule has 1 aromatic heterocycles. The number of allylic oxidation sites excluding steroid dienone is 3. The third-order valence-corrected chi connectivity index (χ3v) is 4.48. The van der Waals surface area contributed by atoms with Gasteiger partial charge in [-0.25, -0.2) is 0 Å². The predicted molar refractivity (Wildman–Crippen MR) is 100 cm³/mol. The Balaban J connectivity index is 1.77. The van der Waals surface area contributed by atoms with Gasteiger partial charge in [-0.05, 0) is 30.4 Å². The molecule has 1 unspecified atom stereocenters. The summed E-state index contributed by atoms with van der Waals surface area (Å²) in [5.41, 5.74) is 1.88. The minimum Gasteiger partial charge on any atom is -0.498 e. The van der Waals surface area contributed by atoms with Crippen molar-refractivity contribution in [2.45, 2.75) is 59.4 Å². The third kappa shape index (κ3) is 5.66. The molecule has 0 aliphatic heterocycles. The largest absolute Gasteiger partial charge is 0.498 e. The van der Waals surface area contributed by atoms with E-state index in [9.17, 15) is 0 Å². The number of hydrogen-bond acceptors (Lipinski definition) is 3. The second kappa shape index (κ2) is 9.45. The average molecular weight is 329 g/mol. The number of ether oxygens (including phenoxy) is 1. The SMILES string of the molecule is C=C(CCn1nc2c(n1)C=CC(C)C=C2)OCC(CC)CCCC. The normalized spacial score (nSPS) is 15.1. The molecule has 132 valence electrons. The molecule has 1 aliphatic carbocycles. The van der Waals surface area contributed by atoms with Crippen molar-refractivity contribution in [3.05, 3.63) is 35.9 Å². The first-order chi connectivity index (χ1) is 11.6. The van der Waals surface area contributed by atoms with E-state index in [1.54, 1.807) is 4.80 Å². The van der Waals surface area contributed by atoms with Gasteiger partial charge in [0, 0.05) is 6.42 Å². The van der Waals surface area contributed by atoms with Gasteiger partial charge in [-0.15, -0.1) is 0 Å². The number of aryl methyl sites for hydroxylation is 1. The maximum Gasteiger partial charge on any atom is 0.112 e. The molecular weight excluding hydrogens is 298 g/mol. The zero-order valence-electron chi connectivity index (χ0n) is 15.4. The van der Waals surface area contributed by atoms with Crippen molar-refractivity contribution in [3.63, 3.8) is 0 Å². The van der Waals surface area contributed by atoms with Crippen LogP contribution in [0.25, 0.3) is 12.2 Å². The van der Waals surface area contributed by atoms with Gasteiger partial charge < -0.3 is 4.74 Å². The van der Waals surface area contributed by atoms with Crippen molar-refractivity contribution in [1.29, 1.82) is 0 Å². The highest BCUT2D eigenvalue weighted by molar-refractivity contribution is 5.61. The molecule has 0 aromatic carbocycles. The maximum absolute atomic E-state index is 5.86. The minimum atomic E-state index is 0.432. The smallest absolute Gasteiger partial charge is 0.112 e. The lowest BCUT2D eigenvalue weighted by atomic mass is 10.0. The summed E-state index contributed by atoms with van der Waals surface area (Å²) in [6, 6.07) is 0. The molecule has 2 rings (SSSR count). The van der Waals surface area contributed by atoms with Crippen molar-refractivity contribution in [2.75, 3.05) is 6.61 Å². The van der Waals surface area contributed by atoms with Gasteiger partial charge in [-0.1, -0.05) is 58.8 Å². The first-order valence-electron chi connectivity index (χ1n) is 9.24. The van der Waals surface area contributed by atoms with Crippen LogP contribution in [0.4, 0.5) is 0 Å². The summed E-state index contributed by atoms with van der Waals surface area (Å²) >= 11 is 0. The lowest BCUT2D eigenvalue weighted by Crippen LogP contribution is -2.10. The highest BCUT2D eigenvalue weighted by Crippen LogP contribution is 2.17. The Morgan fingerprint density at radius 1 is 1.25 bits per heavy atom. The summed E-state index contributed by atoms with van der Waals surface area (Å²) in [5, 5.41) is 9.08. The first-order valence-corrected chi connectivity index (χ1v) is 9.24. The number of rotatable bonds is 10. The Morgan fingerprint density at radius 2 is 1.92 bits per heavy atom. The summed E-state index contributed by atoms with van der Waals surface area (Å²) in [4.78, 5) is 1.75. The Kier molecular flexibility index (Phi) is 7.29. The van der Waals surface area contributed by atoms with E-state index in [4.69, 9.17) is 4.74 Å². The maximum atomic E-state index is 5.86. The highest BCUT2D eigenvalue weighted by atomic mass is 16.5. The van der Waals surface area contributed by atoms with Crippen LogP contribution in [0.3, 0.4) is 0 Å². The molecule has 0 bridgehead atoms. The molecule has 24 heavy (non-hydrogen) atoms. The molecule has 1 atom stereocenters. The quantitative estimate of drug-likeness (QED) is 0.561. The van der Waals surface area contributed by atoms with Crippen molar-refractivity contribution >= 4 is 12.2 Å². The summed E-state index contributed by atoms with van der Waals surface area (Å²) in [6.45, 7) is 12.1. The summed E-state index contributed by atoms with van der Waals surface area (Å²) in [7, 11) is 0. The lowest BCUT2D eigenvalue weighted by molar-refractivity contribution is 0.147. The molecule has 4 heteroatoms. The minimum absolute atomic E-state index is 0.432. The standard InChI is InChI=1S/C20H31N3O/c1-5-7-8-18(6-2)15-24-17(4)13-14-23-21-19-11-9-16(3)10-12-20(19)22-23/h9-12,16,18H,4-8,13-15H2,1-3H3. The molecule has 4 nitrogen and oxygen atoms in total. The van der Waals surface area contributed by atoms with Crippen LogP contribution in [0.15, 0.2) is 24.5 Å². The Bertz CT molecular complexity index is 554. The van der Waals surface area contributed by atoms with Crippen molar-refractivity contribution < 1.29 is 4.74 Å².